The van der Waals surface area contributed by atoms with E-state index < -0.39 is 5.82 Å². The summed E-state index contributed by atoms with van der Waals surface area (Å²) in [5.74, 6) is 0.697. The number of halogens is 1. The highest BCUT2D eigenvalue weighted by molar-refractivity contribution is 5.89. The van der Waals surface area contributed by atoms with E-state index in [2.05, 4.69) is 16.0 Å². The lowest BCUT2D eigenvalue weighted by atomic mass is 10.3. The predicted molar refractivity (Wildman–Crippen MR) is 62.2 cm³/mol. The molecule has 2 aliphatic rings. The van der Waals surface area contributed by atoms with E-state index in [9.17, 15) is 9.18 Å². The number of nitrogens with one attached hydrogen (secondary N) is 3. The Hall–Kier alpha value is -1.62. The van der Waals surface area contributed by atoms with Crippen LogP contribution in [0.1, 0.15) is 0 Å². The van der Waals surface area contributed by atoms with Gasteiger partial charge in [-0.1, -0.05) is 12.1 Å². The second-order valence-corrected chi connectivity index (χ2v) is 4.59. The fourth-order valence-corrected chi connectivity index (χ4v) is 2.50. The number of carbonyl (C=O) groups excluding carboxylic acids is 1. The van der Waals surface area contributed by atoms with Crippen LogP contribution in [0.5, 0.6) is 0 Å². The number of hydrogen-bond donors (Lipinski definition) is 3. The van der Waals surface area contributed by atoms with Crippen molar-refractivity contribution in [1.82, 2.24) is 10.6 Å². The van der Waals surface area contributed by atoms with Crippen LogP contribution >= 0.6 is 0 Å². The summed E-state index contributed by atoms with van der Waals surface area (Å²) >= 11 is 0. The summed E-state index contributed by atoms with van der Waals surface area (Å²) in [4.78, 5) is 11.6. The van der Waals surface area contributed by atoms with Crippen molar-refractivity contribution >= 4 is 11.7 Å². The summed E-state index contributed by atoms with van der Waals surface area (Å²) in [5.41, 5.74) is 0.217. The van der Waals surface area contributed by atoms with Gasteiger partial charge in [-0.05, 0) is 24.0 Å². The molecular weight excluding hydrogens is 221 g/mol. The van der Waals surface area contributed by atoms with Crippen LogP contribution in [0, 0.1) is 17.7 Å². The van der Waals surface area contributed by atoms with Gasteiger partial charge in [0.15, 0.2) is 0 Å². The minimum atomic E-state index is -0.416. The summed E-state index contributed by atoms with van der Waals surface area (Å²) < 4.78 is 13.3. The summed E-state index contributed by atoms with van der Waals surface area (Å²) in [5, 5.41) is 8.65. The third-order valence-electron chi connectivity index (χ3n) is 3.51. The first-order chi connectivity index (χ1) is 8.25. The number of hydrogen-bond acceptors (Lipinski definition) is 2. The highest BCUT2D eigenvalue weighted by Gasteiger charge is 2.53. The number of amides is 2. The number of piperidine rings is 1. The van der Waals surface area contributed by atoms with Crippen molar-refractivity contribution < 1.29 is 9.18 Å². The molecule has 2 unspecified atom stereocenters. The van der Waals surface area contributed by atoms with E-state index in [1.165, 1.54) is 6.07 Å². The third-order valence-corrected chi connectivity index (χ3v) is 3.51. The molecule has 0 spiro atoms. The van der Waals surface area contributed by atoms with Gasteiger partial charge in [-0.25, -0.2) is 9.18 Å². The maximum atomic E-state index is 13.3. The van der Waals surface area contributed by atoms with E-state index in [1.54, 1.807) is 18.2 Å². The van der Waals surface area contributed by atoms with Crippen LogP contribution in [0.2, 0.25) is 0 Å². The maximum absolute atomic E-state index is 13.3. The molecule has 5 heteroatoms. The lowest BCUT2D eigenvalue weighted by molar-refractivity contribution is 0.250. The summed E-state index contributed by atoms with van der Waals surface area (Å²) in [6, 6.07) is 6.08. The Morgan fingerprint density at radius 2 is 2.00 bits per heavy atom. The Balaban J connectivity index is 1.56. The molecule has 1 saturated heterocycles. The van der Waals surface area contributed by atoms with Crippen LogP contribution in [-0.2, 0) is 0 Å². The van der Waals surface area contributed by atoms with E-state index in [0.717, 1.165) is 13.1 Å². The zero-order valence-electron chi connectivity index (χ0n) is 9.24. The number of rotatable bonds is 2. The fourth-order valence-electron chi connectivity index (χ4n) is 2.50. The molecule has 3 N–H and O–H groups in total. The summed E-state index contributed by atoms with van der Waals surface area (Å²) in [6.07, 6.45) is 0. The van der Waals surface area contributed by atoms with Crippen LogP contribution in [-0.4, -0.2) is 25.2 Å². The molecule has 0 aromatic heterocycles. The molecule has 2 fully saturated rings. The number of fused-ring (bicyclic) bond motifs is 1. The van der Waals surface area contributed by atoms with Crippen LogP contribution < -0.4 is 16.0 Å². The SMILES string of the molecule is O=C(Nc1ccccc1F)NC1C2CNCC21. The monoisotopic (exact) mass is 235 g/mol. The van der Waals surface area contributed by atoms with E-state index in [4.69, 9.17) is 0 Å². The summed E-state index contributed by atoms with van der Waals surface area (Å²) in [6.45, 7) is 1.94. The highest BCUT2D eigenvalue weighted by Crippen LogP contribution is 2.41. The molecule has 90 valence electrons. The minimum Gasteiger partial charge on any atom is -0.334 e. The van der Waals surface area contributed by atoms with Gasteiger partial charge in [-0.2, -0.15) is 0 Å². The average molecular weight is 235 g/mol. The molecule has 1 heterocycles. The Kier molecular flexibility index (Phi) is 2.48. The van der Waals surface area contributed by atoms with Gasteiger partial charge in [-0.15, -0.1) is 0 Å². The van der Waals surface area contributed by atoms with Crippen LogP contribution in [0.25, 0.3) is 0 Å². The lowest BCUT2D eigenvalue weighted by Gasteiger charge is -2.09. The van der Waals surface area contributed by atoms with Gasteiger partial charge < -0.3 is 16.0 Å². The van der Waals surface area contributed by atoms with Crippen molar-refractivity contribution in [3.63, 3.8) is 0 Å². The topological polar surface area (TPSA) is 53.2 Å². The van der Waals surface area contributed by atoms with Gasteiger partial charge in [-0.3, -0.25) is 0 Å². The van der Waals surface area contributed by atoms with Crippen molar-refractivity contribution in [3.8, 4) is 0 Å². The normalized spacial score (nSPS) is 29.6. The van der Waals surface area contributed by atoms with E-state index >= 15 is 0 Å². The zero-order valence-corrected chi connectivity index (χ0v) is 9.24. The Labute approximate surface area is 98.6 Å². The standard InChI is InChI=1S/C12H14FN3O/c13-9-3-1-2-4-10(9)15-12(17)16-11-7-5-14-6-8(7)11/h1-4,7-8,11,14H,5-6H2,(H2,15,16,17). The largest absolute Gasteiger partial charge is 0.334 e. The van der Waals surface area contributed by atoms with Crippen molar-refractivity contribution in [2.75, 3.05) is 18.4 Å². The average Bonchev–Trinajstić information content (AvgIpc) is 2.76. The number of anilines is 1. The first kappa shape index (κ1) is 10.5. The molecule has 2 atom stereocenters. The first-order valence-corrected chi connectivity index (χ1v) is 5.78. The highest BCUT2D eigenvalue weighted by atomic mass is 19.1. The van der Waals surface area contributed by atoms with Gasteiger partial charge in [0, 0.05) is 19.1 Å². The van der Waals surface area contributed by atoms with Crippen LogP contribution in [0.4, 0.5) is 14.9 Å². The molecule has 3 rings (SSSR count). The van der Waals surface area contributed by atoms with Gasteiger partial charge >= 0.3 is 6.03 Å². The van der Waals surface area contributed by atoms with E-state index in [0.29, 0.717) is 11.8 Å². The molecule has 1 saturated carbocycles. The Morgan fingerprint density at radius 1 is 1.29 bits per heavy atom. The van der Waals surface area contributed by atoms with E-state index in [-0.39, 0.29) is 17.8 Å². The number of carbonyl (C=O) groups is 1. The Bertz CT molecular complexity index is 441. The summed E-state index contributed by atoms with van der Waals surface area (Å²) in [7, 11) is 0. The zero-order chi connectivity index (χ0) is 11.8. The predicted octanol–water partition coefficient (Wildman–Crippen LogP) is 1.16. The first-order valence-electron chi connectivity index (χ1n) is 5.78. The number of para-hydroxylation sites is 1. The van der Waals surface area contributed by atoms with Crippen molar-refractivity contribution in [1.29, 1.82) is 0 Å². The number of benzene rings is 1. The molecule has 0 bridgehead atoms. The molecular formula is C12H14FN3O. The van der Waals surface area contributed by atoms with Crippen molar-refractivity contribution in [2.45, 2.75) is 6.04 Å². The van der Waals surface area contributed by atoms with Gasteiger partial charge in [0.2, 0.25) is 0 Å². The van der Waals surface area contributed by atoms with Crippen molar-refractivity contribution in [3.05, 3.63) is 30.1 Å². The van der Waals surface area contributed by atoms with Crippen LogP contribution in [0.15, 0.2) is 24.3 Å². The fraction of sp³-hybridized carbons (Fsp3) is 0.417. The molecule has 17 heavy (non-hydrogen) atoms. The molecule has 4 nitrogen and oxygen atoms in total. The van der Waals surface area contributed by atoms with Gasteiger partial charge in [0.1, 0.15) is 5.82 Å². The maximum Gasteiger partial charge on any atom is 0.319 e. The smallest absolute Gasteiger partial charge is 0.319 e. The third kappa shape index (κ3) is 1.98. The number of urea groups is 1. The van der Waals surface area contributed by atoms with E-state index in [1.807, 2.05) is 0 Å². The molecule has 1 aliphatic heterocycles. The second kappa shape index (κ2) is 4.00. The molecule has 2 amide bonds. The van der Waals surface area contributed by atoms with Crippen molar-refractivity contribution in [2.24, 2.45) is 11.8 Å². The van der Waals surface area contributed by atoms with Crippen LogP contribution in [0.3, 0.4) is 0 Å². The lowest BCUT2D eigenvalue weighted by Crippen LogP contribution is -2.35. The molecule has 1 aromatic rings. The molecule has 0 radical (unpaired) electrons. The molecule has 1 aromatic carbocycles. The van der Waals surface area contributed by atoms with Gasteiger partial charge in [0.05, 0.1) is 5.69 Å². The quantitative estimate of drug-likeness (QED) is 0.720. The van der Waals surface area contributed by atoms with Gasteiger partial charge in [0.25, 0.3) is 0 Å². The second-order valence-electron chi connectivity index (χ2n) is 4.59. The Morgan fingerprint density at radius 3 is 2.71 bits per heavy atom. The molecule has 1 aliphatic carbocycles. The minimum absolute atomic E-state index is 0.217.